The molecule has 1 aliphatic heterocycles. The van der Waals surface area contributed by atoms with Crippen molar-refractivity contribution >= 4 is 18.0 Å². The summed E-state index contributed by atoms with van der Waals surface area (Å²) in [5, 5.41) is 2.56. The Balaban J connectivity index is 1.71. The van der Waals surface area contributed by atoms with E-state index >= 15 is 0 Å². The van der Waals surface area contributed by atoms with Crippen molar-refractivity contribution in [2.45, 2.75) is 13.5 Å². The lowest BCUT2D eigenvalue weighted by Gasteiger charge is -2.07. The molecule has 0 spiro atoms. The quantitative estimate of drug-likeness (QED) is 0.671. The molecule has 128 valence electrons. The van der Waals surface area contributed by atoms with Crippen LogP contribution in [0.5, 0.6) is 5.75 Å². The van der Waals surface area contributed by atoms with Crippen LogP contribution >= 0.6 is 0 Å². The average molecular weight is 340 g/mol. The van der Waals surface area contributed by atoms with Gasteiger partial charge in [-0.05, 0) is 48.4 Å². The van der Waals surface area contributed by atoms with Crippen LogP contribution in [0.3, 0.4) is 0 Å². The molecule has 5 nitrogen and oxygen atoms in total. The van der Waals surface area contributed by atoms with Crippen LogP contribution in [0.1, 0.15) is 18.1 Å². The van der Waals surface area contributed by atoms with Gasteiger partial charge in [-0.25, -0.2) is 9.18 Å². The van der Waals surface area contributed by atoms with Crippen LogP contribution in [-0.2, 0) is 11.4 Å². The number of hydrogen-bond acceptors (Lipinski definition) is 3. The summed E-state index contributed by atoms with van der Waals surface area (Å²) in [4.78, 5) is 24.9. The minimum Gasteiger partial charge on any atom is -0.489 e. The Morgan fingerprint density at radius 3 is 2.60 bits per heavy atom. The molecule has 0 atom stereocenters. The first kappa shape index (κ1) is 16.7. The monoisotopic (exact) mass is 340 g/mol. The lowest BCUT2D eigenvalue weighted by Crippen LogP contribution is -2.30. The molecule has 3 amide bonds. The topological polar surface area (TPSA) is 58.6 Å². The number of nitrogens with one attached hydrogen (secondary N) is 1. The van der Waals surface area contributed by atoms with Crippen LogP contribution in [0.25, 0.3) is 6.08 Å². The molecule has 1 N–H and O–H groups in total. The molecule has 1 aliphatic rings. The van der Waals surface area contributed by atoms with Gasteiger partial charge in [0.1, 0.15) is 23.9 Å². The van der Waals surface area contributed by atoms with Crippen molar-refractivity contribution in [1.82, 2.24) is 10.2 Å². The number of carbonyl (C=O) groups excluding carboxylic acids is 2. The maximum absolute atomic E-state index is 12.9. The number of nitrogens with zero attached hydrogens (tertiary/aromatic N) is 1. The van der Waals surface area contributed by atoms with Gasteiger partial charge in [0, 0.05) is 6.54 Å². The van der Waals surface area contributed by atoms with Crippen LogP contribution in [0.4, 0.5) is 9.18 Å². The van der Waals surface area contributed by atoms with E-state index in [1.54, 1.807) is 43.3 Å². The van der Waals surface area contributed by atoms with Crippen molar-refractivity contribution in [2.24, 2.45) is 0 Å². The molecule has 0 saturated carbocycles. The van der Waals surface area contributed by atoms with Crippen molar-refractivity contribution in [2.75, 3.05) is 6.54 Å². The Labute approximate surface area is 144 Å². The third-order valence-electron chi connectivity index (χ3n) is 3.77. The molecule has 2 aromatic rings. The first-order valence-corrected chi connectivity index (χ1v) is 7.88. The van der Waals surface area contributed by atoms with E-state index in [4.69, 9.17) is 4.74 Å². The Kier molecular flexibility index (Phi) is 4.79. The number of likely N-dealkylation sites (N-methyl/N-ethyl adjacent to an activating group) is 1. The molecule has 25 heavy (non-hydrogen) atoms. The third kappa shape index (κ3) is 3.85. The number of ether oxygens (including phenoxy) is 1. The SMILES string of the molecule is CCN1C(=O)N/C(=C/c2cccc(OCc3ccc(F)cc3)c2)C1=O. The molecule has 1 fully saturated rings. The van der Waals surface area contributed by atoms with E-state index in [0.29, 0.717) is 18.9 Å². The van der Waals surface area contributed by atoms with E-state index in [2.05, 4.69) is 5.32 Å². The summed E-state index contributed by atoms with van der Waals surface area (Å²) in [5.74, 6) is -0.0188. The summed E-state index contributed by atoms with van der Waals surface area (Å²) in [6.07, 6.45) is 1.61. The zero-order valence-corrected chi connectivity index (χ0v) is 13.7. The largest absolute Gasteiger partial charge is 0.489 e. The summed E-state index contributed by atoms with van der Waals surface area (Å²) < 4.78 is 18.6. The summed E-state index contributed by atoms with van der Waals surface area (Å²) in [5.41, 5.74) is 1.82. The maximum Gasteiger partial charge on any atom is 0.328 e. The first-order valence-electron chi connectivity index (χ1n) is 7.88. The van der Waals surface area contributed by atoms with Gasteiger partial charge in [0.2, 0.25) is 0 Å². The standard InChI is InChI=1S/C19H17FN2O3/c1-2-22-18(23)17(21-19(22)24)11-14-4-3-5-16(10-14)25-12-13-6-8-15(20)9-7-13/h3-11H,2,12H2,1H3,(H,21,24)/b17-11+. The fourth-order valence-corrected chi connectivity index (χ4v) is 2.47. The fourth-order valence-electron chi connectivity index (χ4n) is 2.47. The highest BCUT2D eigenvalue weighted by Crippen LogP contribution is 2.19. The van der Waals surface area contributed by atoms with Gasteiger partial charge < -0.3 is 10.1 Å². The Hall–Kier alpha value is -3.15. The lowest BCUT2D eigenvalue weighted by atomic mass is 10.1. The van der Waals surface area contributed by atoms with E-state index in [1.807, 2.05) is 6.07 Å². The number of imide groups is 1. The normalized spacial score (nSPS) is 15.6. The van der Waals surface area contributed by atoms with E-state index in [9.17, 15) is 14.0 Å². The molecule has 0 aromatic heterocycles. The van der Waals surface area contributed by atoms with Crippen molar-refractivity contribution in [3.05, 3.63) is 71.2 Å². The number of urea groups is 1. The lowest BCUT2D eigenvalue weighted by molar-refractivity contribution is -0.122. The van der Waals surface area contributed by atoms with Gasteiger partial charge in [-0.2, -0.15) is 0 Å². The third-order valence-corrected chi connectivity index (χ3v) is 3.77. The highest BCUT2D eigenvalue weighted by atomic mass is 19.1. The maximum atomic E-state index is 12.9. The van der Waals surface area contributed by atoms with Crippen LogP contribution in [0, 0.1) is 5.82 Å². The predicted octanol–water partition coefficient (Wildman–Crippen LogP) is 3.32. The van der Waals surface area contributed by atoms with E-state index in [-0.39, 0.29) is 17.4 Å². The Morgan fingerprint density at radius 1 is 1.16 bits per heavy atom. The van der Waals surface area contributed by atoms with Crippen LogP contribution in [0.15, 0.2) is 54.2 Å². The molecule has 6 heteroatoms. The molecule has 0 aliphatic carbocycles. The number of carbonyl (C=O) groups is 2. The second-order valence-electron chi connectivity index (χ2n) is 5.53. The molecule has 2 aromatic carbocycles. The zero-order chi connectivity index (χ0) is 17.8. The van der Waals surface area contributed by atoms with Gasteiger partial charge in [-0.1, -0.05) is 24.3 Å². The van der Waals surface area contributed by atoms with Crippen molar-refractivity contribution in [3.63, 3.8) is 0 Å². The fraction of sp³-hybridized carbons (Fsp3) is 0.158. The molecule has 0 unspecified atom stereocenters. The van der Waals surface area contributed by atoms with E-state index < -0.39 is 6.03 Å². The number of hydrogen-bond donors (Lipinski definition) is 1. The smallest absolute Gasteiger partial charge is 0.328 e. The minimum absolute atomic E-state index is 0.238. The summed E-state index contributed by atoms with van der Waals surface area (Å²) in [6.45, 7) is 2.37. The zero-order valence-electron chi connectivity index (χ0n) is 13.7. The summed E-state index contributed by atoms with van der Waals surface area (Å²) in [6, 6.07) is 12.8. The van der Waals surface area contributed by atoms with Gasteiger partial charge in [0.15, 0.2) is 0 Å². The van der Waals surface area contributed by atoms with Crippen molar-refractivity contribution in [3.8, 4) is 5.75 Å². The molecule has 0 bridgehead atoms. The average Bonchev–Trinajstić information content (AvgIpc) is 2.88. The Bertz CT molecular complexity index is 831. The van der Waals surface area contributed by atoms with Gasteiger partial charge in [-0.15, -0.1) is 0 Å². The molecule has 3 rings (SSSR count). The minimum atomic E-state index is -0.414. The van der Waals surface area contributed by atoms with Crippen molar-refractivity contribution in [1.29, 1.82) is 0 Å². The molecular weight excluding hydrogens is 323 g/mol. The number of benzene rings is 2. The highest BCUT2D eigenvalue weighted by molar-refractivity contribution is 6.13. The van der Waals surface area contributed by atoms with Gasteiger partial charge in [0.05, 0.1) is 0 Å². The second-order valence-corrected chi connectivity index (χ2v) is 5.53. The Morgan fingerprint density at radius 2 is 1.92 bits per heavy atom. The van der Waals surface area contributed by atoms with Crippen molar-refractivity contribution < 1.29 is 18.7 Å². The second kappa shape index (κ2) is 7.17. The molecular formula is C19H17FN2O3. The van der Waals surface area contributed by atoms with Gasteiger partial charge in [0.25, 0.3) is 5.91 Å². The van der Waals surface area contributed by atoms with Crippen LogP contribution in [-0.4, -0.2) is 23.4 Å². The van der Waals surface area contributed by atoms with E-state index in [0.717, 1.165) is 16.0 Å². The first-order chi connectivity index (χ1) is 12.1. The molecule has 1 heterocycles. The summed E-state index contributed by atoms with van der Waals surface area (Å²) >= 11 is 0. The number of rotatable bonds is 5. The summed E-state index contributed by atoms with van der Waals surface area (Å²) in [7, 11) is 0. The number of amides is 3. The van der Waals surface area contributed by atoms with Crippen LogP contribution < -0.4 is 10.1 Å². The number of halogens is 1. The highest BCUT2D eigenvalue weighted by Gasteiger charge is 2.31. The van der Waals surface area contributed by atoms with Crippen LogP contribution in [0.2, 0.25) is 0 Å². The van der Waals surface area contributed by atoms with E-state index in [1.165, 1.54) is 12.1 Å². The molecule has 0 radical (unpaired) electrons. The van der Waals surface area contributed by atoms with Gasteiger partial charge in [-0.3, -0.25) is 9.69 Å². The van der Waals surface area contributed by atoms with Gasteiger partial charge >= 0.3 is 6.03 Å². The molecule has 1 saturated heterocycles. The predicted molar refractivity (Wildman–Crippen MR) is 91.1 cm³/mol.